The fraction of sp³-hybridized carbons (Fsp3) is 0.481. The van der Waals surface area contributed by atoms with Crippen molar-refractivity contribution in [1.29, 1.82) is 0 Å². The Bertz CT molecular complexity index is 1160. The Hall–Kier alpha value is -2.71. The number of hydrogen-bond acceptors (Lipinski definition) is 5. The molecule has 1 saturated heterocycles. The molecule has 2 aromatic carbocycles. The highest BCUT2D eigenvalue weighted by atomic mass is 32.2. The van der Waals surface area contributed by atoms with E-state index in [9.17, 15) is 23.1 Å². The van der Waals surface area contributed by atoms with Crippen molar-refractivity contribution in [3.63, 3.8) is 0 Å². The quantitative estimate of drug-likeness (QED) is 0.483. The second-order valence-electron chi connectivity index (χ2n) is 9.53. The summed E-state index contributed by atoms with van der Waals surface area (Å²) in [6.45, 7) is 6.05. The van der Waals surface area contributed by atoms with Crippen LogP contribution >= 0.6 is 0 Å². The lowest BCUT2D eigenvalue weighted by Gasteiger charge is -2.25. The number of aliphatic carboxylic acids is 1. The van der Waals surface area contributed by atoms with Crippen LogP contribution in [-0.4, -0.2) is 60.9 Å². The van der Waals surface area contributed by atoms with Crippen LogP contribution in [0.4, 0.5) is 0 Å². The van der Waals surface area contributed by atoms with Gasteiger partial charge in [0.25, 0.3) is 5.91 Å². The predicted octanol–water partition coefficient (Wildman–Crippen LogP) is 4.04. The number of carbonyl (C=O) groups is 2. The third-order valence-corrected chi connectivity index (χ3v) is 7.63. The summed E-state index contributed by atoms with van der Waals surface area (Å²) in [6, 6.07) is 12.8. The van der Waals surface area contributed by atoms with Gasteiger partial charge in [-0.15, -0.1) is 0 Å². The van der Waals surface area contributed by atoms with Crippen molar-refractivity contribution in [2.75, 3.05) is 18.6 Å². The Balaban J connectivity index is 1.92. The standard InChI is InChI=1S/C27H36N2O5S/c1-4-8-21-10-7-15-29(21)18-20-12-13-23(24(17-20)22-11-6-5-9-19(22)2)26(30)28-25(27(31)32)14-16-35(3,33)34/h5-6,9,11-13,17,21,25H,4,7-8,10,14-16,18H2,1-3H3,(H,28,30)(H,31,32)/t21-,25?/m0/s1. The van der Waals surface area contributed by atoms with Gasteiger partial charge in [0.1, 0.15) is 15.9 Å². The van der Waals surface area contributed by atoms with Crippen molar-refractivity contribution < 1.29 is 23.1 Å². The van der Waals surface area contributed by atoms with Crippen LogP contribution in [0.15, 0.2) is 42.5 Å². The number of carboxylic acid groups (broad SMARTS) is 1. The molecule has 1 aliphatic heterocycles. The van der Waals surface area contributed by atoms with E-state index in [1.807, 2.05) is 43.3 Å². The van der Waals surface area contributed by atoms with E-state index in [0.717, 1.165) is 48.0 Å². The largest absolute Gasteiger partial charge is 0.480 e. The van der Waals surface area contributed by atoms with Crippen molar-refractivity contribution in [1.82, 2.24) is 10.2 Å². The molecule has 35 heavy (non-hydrogen) atoms. The van der Waals surface area contributed by atoms with Gasteiger partial charge in [0, 0.05) is 24.4 Å². The van der Waals surface area contributed by atoms with Crippen LogP contribution in [0.5, 0.6) is 0 Å². The number of hydrogen-bond donors (Lipinski definition) is 2. The summed E-state index contributed by atoms with van der Waals surface area (Å²) in [5.74, 6) is -2.10. The summed E-state index contributed by atoms with van der Waals surface area (Å²) in [6.07, 6.45) is 5.59. The normalized spacial score (nSPS) is 17.3. The number of sulfone groups is 1. The molecule has 1 unspecified atom stereocenters. The van der Waals surface area contributed by atoms with Crippen LogP contribution in [0.25, 0.3) is 11.1 Å². The van der Waals surface area contributed by atoms with Gasteiger partial charge in [0.05, 0.1) is 5.75 Å². The van der Waals surface area contributed by atoms with Crippen LogP contribution in [0.3, 0.4) is 0 Å². The van der Waals surface area contributed by atoms with Crippen LogP contribution < -0.4 is 5.32 Å². The molecule has 190 valence electrons. The van der Waals surface area contributed by atoms with Gasteiger partial charge in [0.2, 0.25) is 0 Å². The average Bonchev–Trinajstić information content (AvgIpc) is 3.22. The van der Waals surface area contributed by atoms with Crippen LogP contribution in [0, 0.1) is 6.92 Å². The first kappa shape index (κ1) is 26.9. The molecular formula is C27H36N2O5S. The van der Waals surface area contributed by atoms with Crippen molar-refractivity contribution in [3.05, 3.63) is 59.2 Å². The monoisotopic (exact) mass is 500 g/mol. The Morgan fingerprint density at radius 3 is 2.57 bits per heavy atom. The molecule has 2 N–H and O–H groups in total. The molecule has 8 heteroatoms. The van der Waals surface area contributed by atoms with Gasteiger partial charge < -0.3 is 10.4 Å². The third-order valence-electron chi connectivity index (χ3n) is 6.65. The summed E-state index contributed by atoms with van der Waals surface area (Å²) in [7, 11) is -3.36. The van der Waals surface area contributed by atoms with Crippen molar-refractivity contribution >= 4 is 21.7 Å². The molecule has 1 fully saturated rings. The van der Waals surface area contributed by atoms with Gasteiger partial charge in [-0.05, 0) is 73.5 Å². The maximum absolute atomic E-state index is 13.2. The summed E-state index contributed by atoms with van der Waals surface area (Å²) in [5, 5.41) is 12.1. The highest BCUT2D eigenvalue weighted by Gasteiger charge is 2.26. The fourth-order valence-corrected chi connectivity index (χ4v) is 5.47. The minimum atomic E-state index is -3.36. The number of likely N-dealkylation sites (tertiary alicyclic amines) is 1. The second-order valence-corrected chi connectivity index (χ2v) is 11.8. The highest BCUT2D eigenvalue weighted by molar-refractivity contribution is 7.90. The lowest BCUT2D eigenvalue weighted by Crippen LogP contribution is -2.42. The second kappa shape index (κ2) is 11.8. The topological polar surface area (TPSA) is 104 Å². The molecule has 1 amide bonds. The Morgan fingerprint density at radius 2 is 1.91 bits per heavy atom. The first-order valence-electron chi connectivity index (χ1n) is 12.2. The van der Waals surface area contributed by atoms with Gasteiger partial charge in [-0.2, -0.15) is 0 Å². The molecular weight excluding hydrogens is 464 g/mol. The van der Waals surface area contributed by atoms with E-state index in [4.69, 9.17) is 0 Å². The first-order chi connectivity index (χ1) is 16.6. The first-order valence-corrected chi connectivity index (χ1v) is 14.3. The molecule has 0 aliphatic carbocycles. The summed E-state index contributed by atoms with van der Waals surface area (Å²) < 4.78 is 23.0. The minimum absolute atomic E-state index is 0.189. The third kappa shape index (κ3) is 7.39. The van der Waals surface area contributed by atoms with Crippen molar-refractivity contribution in [2.45, 2.75) is 64.6 Å². The summed E-state index contributed by atoms with van der Waals surface area (Å²) in [5.41, 5.74) is 4.15. The average molecular weight is 501 g/mol. The SMILES string of the molecule is CCC[C@H]1CCCN1Cc1ccc(C(=O)NC(CCS(C)(=O)=O)C(=O)O)c(-c2ccccc2C)c1. The molecule has 0 spiro atoms. The number of amides is 1. The smallest absolute Gasteiger partial charge is 0.326 e. The highest BCUT2D eigenvalue weighted by Crippen LogP contribution is 2.30. The lowest BCUT2D eigenvalue weighted by atomic mass is 9.93. The van der Waals surface area contributed by atoms with Gasteiger partial charge in [-0.3, -0.25) is 9.69 Å². The van der Waals surface area contributed by atoms with E-state index in [0.29, 0.717) is 11.6 Å². The zero-order valence-electron chi connectivity index (χ0n) is 20.8. The Morgan fingerprint density at radius 1 is 1.17 bits per heavy atom. The number of nitrogens with one attached hydrogen (secondary N) is 1. The molecule has 0 bridgehead atoms. The van der Waals surface area contributed by atoms with Gasteiger partial charge in [0.15, 0.2) is 0 Å². The molecule has 1 aliphatic rings. The van der Waals surface area contributed by atoms with Gasteiger partial charge in [-0.25, -0.2) is 13.2 Å². The predicted molar refractivity (Wildman–Crippen MR) is 138 cm³/mol. The van der Waals surface area contributed by atoms with Crippen molar-refractivity contribution in [2.24, 2.45) is 0 Å². The lowest BCUT2D eigenvalue weighted by molar-refractivity contribution is -0.139. The number of carbonyl (C=O) groups excluding carboxylic acids is 1. The molecule has 3 rings (SSSR count). The molecule has 0 saturated carbocycles. The number of aryl methyl sites for hydroxylation is 1. The van der Waals surface area contributed by atoms with Crippen LogP contribution in [-0.2, 0) is 21.2 Å². The number of nitrogens with zero attached hydrogens (tertiary/aromatic N) is 1. The summed E-state index contributed by atoms with van der Waals surface area (Å²) in [4.78, 5) is 27.5. The zero-order chi connectivity index (χ0) is 25.6. The molecule has 1 heterocycles. The van der Waals surface area contributed by atoms with Crippen LogP contribution in [0.2, 0.25) is 0 Å². The minimum Gasteiger partial charge on any atom is -0.480 e. The number of benzene rings is 2. The molecule has 2 aromatic rings. The molecule has 7 nitrogen and oxygen atoms in total. The van der Waals surface area contributed by atoms with Gasteiger partial charge in [-0.1, -0.05) is 43.7 Å². The summed E-state index contributed by atoms with van der Waals surface area (Å²) >= 11 is 0. The molecule has 0 aromatic heterocycles. The maximum atomic E-state index is 13.2. The molecule has 2 atom stereocenters. The van der Waals surface area contributed by atoms with E-state index in [1.165, 1.54) is 19.3 Å². The maximum Gasteiger partial charge on any atom is 0.326 e. The van der Waals surface area contributed by atoms with Gasteiger partial charge >= 0.3 is 5.97 Å². The zero-order valence-corrected chi connectivity index (χ0v) is 21.6. The van der Waals surface area contributed by atoms with E-state index in [2.05, 4.69) is 17.1 Å². The fourth-order valence-electron chi connectivity index (χ4n) is 4.81. The number of rotatable bonds is 11. The Labute approximate surface area is 208 Å². The van der Waals surface area contributed by atoms with Crippen LogP contribution in [0.1, 0.15) is 60.5 Å². The van der Waals surface area contributed by atoms with E-state index in [-0.39, 0.29) is 12.2 Å². The van der Waals surface area contributed by atoms with E-state index in [1.54, 1.807) is 6.07 Å². The van der Waals surface area contributed by atoms with E-state index < -0.39 is 27.8 Å². The Kier molecular flexibility index (Phi) is 9.08. The van der Waals surface area contributed by atoms with Crippen molar-refractivity contribution in [3.8, 4) is 11.1 Å². The van der Waals surface area contributed by atoms with E-state index >= 15 is 0 Å². The number of carboxylic acids is 1. The molecule has 0 radical (unpaired) electrons.